The molecule has 7 heteroatoms. The summed E-state index contributed by atoms with van der Waals surface area (Å²) < 4.78 is 5.59. The van der Waals surface area contributed by atoms with Crippen molar-refractivity contribution in [1.29, 1.82) is 0 Å². The Hall–Kier alpha value is -3.84. The lowest BCUT2D eigenvalue weighted by Crippen LogP contribution is -2.28. The summed E-state index contributed by atoms with van der Waals surface area (Å²) in [6.45, 7) is 1.80. The molecule has 39 heavy (non-hydrogen) atoms. The molecule has 3 unspecified atom stereocenters. The lowest BCUT2D eigenvalue weighted by Gasteiger charge is -2.27. The number of aryl methyl sites for hydroxylation is 1. The van der Waals surface area contributed by atoms with E-state index in [1.807, 2.05) is 67.6 Å². The van der Waals surface area contributed by atoms with E-state index in [1.165, 1.54) is 0 Å². The number of carbonyl (C=O) groups is 2. The van der Waals surface area contributed by atoms with Crippen molar-refractivity contribution in [2.45, 2.75) is 69.7 Å². The third-order valence-electron chi connectivity index (χ3n) is 7.86. The van der Waals surface area contributed by atoms with Gasteiger partial charge in [-0.1, -0.05) is 72.7 Å². The molecule has 7 nitrogen and oxygen atoms in total. The molecule has 3 aromatic rings. The molecule has 0 radical (unpaired) electrons. The highest BCUT2D eigenvalue weighted by atomic mass is 16.5. The number of rotatable bonds is 8. The van der Waals surface area contributed by atoms with Gasteiger partial charge >= 0.3 is 0 Å². The lowest BCUT2D eigenvalue weighted by molar-refractivity contribution is -0.116. The van der Waals surface area contributed by atoms with E-state index in [0.717, 1.165) is 11.1 Å². The van der Waals surface area contributed by atoms with Crippen LogP contribution in [0.2, 0.25) is 0 Å². The van der Waals surface area contributed by atoms with E-state index in [9.17, 15) is 19.8 Å². The molecule has 2 aromatic carbocycles. The number of fused-ring (bicyclic) bond motifs is 1. The smallest absolute Gasteiger partial charge is 0.168 e. The van der Waals surface area contributed by atoms with Gasteiger partial charge in [-0.15, -0.1) is 0 Å². The van der Waals surface area contributed by atoms with E-state index in [2.05, 4.69) is 5.16 Å². The maximum absolute atomic E-state index is 13.4. The predicted octanol–water partition coefficient (Wildman–Crippen LogP) is 5.69. The van der Waals surface area contributed by atoms with Crippen molar-refractivity contribution < 1.29 is 24.3 Å². The average molecular weight is 527 g/mol. The molecule has 3 atom stereocenters. The molecule has 1 saturated carbocycles. The first-order chi connectivity index (χ1) is 19.0. The summed E-state index contributed by atoms with van der Waals surface area (Å²) in [6.07, 6.45) is 2.79. The first-order valence-electron chi connectivity index (χ1n) is 13.7. The second kappa shape index (κ2) is 11.9. The Balaban J connectivity index is 1.37. The minimum Gasteiger partial charge on any atom is -0.511 e. The fourth-order valence-electron chi connectivity index (χ4n) is 5.72. The van der Waals surface area contributed by atoms with Crippen LogP contribution in [0.1, 0.15) is 83.8 Å². The van der Waals surface area contributed by atoms with Crippen LogP contribution in [-0.4, -0.2) is 45.3 Å². The lowest BCUT2D eigenvalue weighted by atomic mass is 9.78. The first-order valence-corrected chi connectivity index (χ1v) is 13.7. The highest BCUT2D eigenvalue weighted by Crippen LogP contribution is 2.36. The SMILES string of the molecule is CCC(CO)N=C1CC(c2ccccc2)CC(=O)C1=C(O)CCc1noc2c1C(=O)CC(c1ccccc1)C2. The van der Waals surface area contributed by atoms with Gasteiger partial charge in [0.15, 0.2) is 11.6 Å². The highest BCUT2D eigenvalue weighted by molar-refractivity contribution is 6.24. The standard InChI is InChI=1S/C32H34N2O5/c1-2-24(19-35)33-26-15-22(20-9-5-3-6-10-20)16-28(37)31(26)27(36)14-13-25-32-29(38)17-23(18-30(32)39-34-25)21-11-7-4-8-12-21/h3-12,22-24,35-36H,2,13-19H2,1H3. The van der Waals surface area contributed by atoms with Crippen molar-refractivity contribution >= 4 is 17.3 Å². The first kappa shape index (κ1) is 26.8. The monoisotopic (exact) mass is 526 g/mol. The maximum Gasteiger partial charge on any atom is 0.168 e. The van der Waals surface area contributed by atoms with Crippen LogP contribution >= 0.6 is 0 Å². The zero-order valence-electron chi connectivity index (χ0n) is 22.2. The van der Waals surface area contributed by atoms with Gasteiger partial charge < -0.3 is 14.7 Å². The molecule has 1 aromatic heterocycles. The van der Waals surface area contributed by atoms with Crippen LogP contribution in [0.4, 0.5) is 0 Å². The van der Waals surface area contributed by atoms with Gasteiger partial charge in [-0.2, -0.15) is 0 Å². The van der Waals surface area contributed by atoms with E-state index in [1.54, 1.807) is 0 Å². The van der Waals surface area contributed by atoms with Crippen molar-refractivity contribution in [3.63, 3.8) is 0 Å². The van der Waals surface area contributed by atoms with Crippen molar-refractivity contribution in [3.05, 3.63) is 100 Å². The number of aliphatic hydroxyl groups excluding tert-OH is 2. The third-order valence-corrected chi connectivity index (χ3v) is 7.86. The molecular formula is C32H34N2O5. The number of allylic oxidation sites excluding steroid dienone is 2. The highest BCUT2D eigenvalue weighted by Gasteiger charge is 2.35. The molecule has 0 bridgehead atoms. The maximum atomic E-state index is 13.4. The summed E-state index contributed by atoms with van der Waals surface area (Å²) in [7, 11) is 0. The molecule has 0 amide bonds. The van der Waals surface area contributed by atoms with Crippen molar-refractivity contribution in [1.82, 2.24) is 5.16 Å². The van der Waals surface area contributed by atoms with Gasteiger partial charge in [-0.25, -0.2) is 0 Å². The fraction of sp³-hybridized carbons (Fsp3) is 0.375. The van der Waals surface area contributed by atoms with E-state index < -0.39 is 0 Å². The number of hydrogen-bond donors (Lipinski definition) is 2. The summed E-state index contributed by atoms with van der Waals surface area (Å²) in [4.78, 5) is 31.1. The summed E-state index contributed by atoms with van der Waals surface area (Å²) in [5.74, 6) is 0.365. The van der Waals surface area contributed by atoms with Crippen LogP contribution in [0, 0.1) is 0 Å². The second-order valence-corrected chi connectivity index (χ2v) is 10.4. The molecule has 5 rings (SSSR count). The number of Topliss-reactive ketones (excluding diaryl/α,β-unsaturated/α-hetero) is 2. The van der Waals surface area contributed by atoms with Crippen LogP contribution in [0.5, 0.6) is 0 Å². The number of aromatic nitrogens is 1. The van der Waals surface area contributed by atoms with Crippen LogP contribution < -0.4 is 0 Å². The number of aliphatic imine (C=N–C) groups is 1. The molecule has 1 heterocycles. The topological polar surface area (TPSA) is 113 Å². The molecule has 202 valence electrons. The summed E-state index contributed by atoms with van der Waals surface area (Å²) in [5.41, 5.74) is 3.94. The number of hydrogen-bond acceptors (Lipinski definition) is 7. The minimum absolute atomic E-state index is 0.0103. The van der Waals surface area contributed by atoms with Crippen LogP contribution in [0.25, 0.3) is 0 Å². The number of ketones is 2. The Morgan fingerprint density at radius 2 is 1.56 bits per heavy atom. The molecule has 0 spiro atoms. The zero-order valence-corrected chi connectivity index (χ0v) is 22.2. The van der Waals surface area contributed by atoms with E-state index in [-0.39, 0.29) is 66.6 Å². The molecule has 2 N–H and O–H groups in total. The molecule has 2 aliphatic rings. The Labute approximate surface area is 228 Å². The average Bonchev–Trinajstić information content (AvgIpc) is 3.39. The predicted molar refractivity (Wildman–Crippen MR) is 148 cm³/mol. The minimum atomic E-state index is -0.345. The largest absolute Gasteiger partial charge is 0.511 e. The summed E-state index contributed by atoms with van der Waals surface area (Å²) in [5, 5.41) is 25.1. The van der Waals surface area contributed by atoms with Gasteiger partial charge in [-0.05, 0) is 35.8 Å². The summed E-state index contributed by atoms with van der Waals surface area (Å²) in [6, 6.07) is 19.4. The van der Waals surface area contributed by atoms with Crippen LogP contribution in [0.15, 0.2) is 81.5 Å². The van der Waals surface area contributed by atoms with Crippen molar-refractivity contribution in [3.8, 4) is 0 Å². The van der Waals surface area contributed by atoms with Crippen LogP contribution in [0.3, 0.4) is 0 Å². The van der Waals surface area contributed by atoms with E-state index in [0.29, 0.717) is 48.4 Å². The van der Waals surface area contributed by atoms with Gasteiger partial charge in [-0.3, -0.25) is 14.6 Å². The number of nitrogens with zero attached hydrogens (tertiary/aromatic N) is 2. The Bertz CT molecular complexity index is 1390. The van der Waals surface area contributed by atoms with Gasteiger partial charge in [0, 0.05) is 32.1 Å². The summed E-state index contributed by atoms with van der Waals surface area (Å²) >= 11 is 0. The van der Waals surface area contributed by atoms with Crippen LogP contribution in [-0.2, 0) is 17.6 Å². The molecular weight excluding hydrogens is 492 g/mol. The van der Waals surface area contributed by atoms with Gasteiger partial charge in [0.05, 0.1) is 35.2 Å². The fourth-order valence-corrected chi connectivity index (χ4v) is 5.72. The van der Waals surface area contributed by atoms with Crippen molar-refractivity contribution in [2.24, 2.45) is 4.99 Å². The normalized spacial score (nSPS) is 22.6. The quantitative estimate of drug-likeness (QED) is 0.288. The molecule has 0 aliphatic heterocycles. The van der Waals surface area contributed by atoms with Gasteiger partial charge in [0.25, 0.3) is 0 Å². The van der Waals surface area contributed by atoms with Gasteiger partial charge in [0.1, 0.15) is 11.5 Å². The van der Waals surface area contributed by atoms with E-state index in [4.69, 9.17) is 9.52 Å². The van der Waals surface area contributed by atoms with Crippen molar-refractivity contribution in [2.75, 3.05) is 6.61 Å². The zero-order chi connectivity index (χ0) is 27.4. The number of carbonyl (C=O) groups excluding carboxylic acids is 2. The Morgan fingerprint density at radius 1 is 0.949 bits per heavy atom. The third kappa shape index (κ3) is 5.78. The van der Waals surface area contributed by atoms with Gasteiger partial charge in [0.2, 0.25) is 0 Å². The number of benzene rings is 2. The Kier molecular flexibility index (Phi) is 8.17. The second-order valence-electron chi connectivity index (χ2n) is 10.4. The Morgan fingerprint density at radius 3 is 2.18 bits per heavy atom. The number of aliphatic hydroxyl groups is 2. The molecule has 0 saturated heterocycles. The molecule has 1 fully saturated rings. The van der Waals surface area contributed by atoms with E-state index >= 15 is 0 Å². The molecule has 2 aliphatic carbocycles.